The molecule has 2 rings (SSSR count). The first-order valence-electron chi connectivity index (χ1n) is 6.60. The molecule has 0 saturated carbocycles. The minimum absolute atomic E-state index is 0.344. The summed E-state index contributed by atoms with van der Waals surface area (Å²) in [5.74, 6) is 1.20. The Morgan fingerprint density at radius 1 is 1.00 bits per heavy atom. The van der Waals surface area contributed by atoms with Gasteiger partial charge in [0.25, 0.3) is 0 Å². The molecule has 0 radical (unpaired) electrons. The van der Waals surface area contributed by atoms with Gasteiger partial charge in [-0.2, -0.15) is 0 Å². The topological polar surface area (TPSA) is 59.6 Å². The van der Waals surface area contributed by atoms with Crippen LogP contribution in [0.1, 0.15) is 0 Å². The van der Waals surface area contributed by atoms with E-state index in [1.807, 2.05) is 30.5 Å². The fourth-order valence-corrected chi connectivity index (χ4v) is 2.28. The van der Waals surface area contributed by atoms with Crippen molar-refractivity contribution in [2.75, 3.05) is 31.1 Å². The molecule has 0 unspecified atom stereocenters. The van der Waals surface area contributed by atoms with E-state index in [9.17, 15) is 4.79 Å². The van der Waals surface area contributed by atoms with Crippen LogP contribution < -0.4 is 20.1 Å². The number of amides is 2. The largest absolute Gasteiger partial charge is 0.497 e. The van der Waals surface area contributed by atoms with Crippen LogP contribution in [0.15, 0.2) is 47.4 Å². The highest BCUT2D eigenvalue weighted by Crippen LogP contribution is 2.29. The van der Waals surface area contributed by atoms with Crippen molar-refractivity contribution in [1.82, 2.24) is 0 Å². The molecule has 0 atom stereocenters. The zero-order chi connectivity index (χ0) is 15.9. The van der Waals surface area contributed by atoms with Gasteiger partial charge in [0.15, 0.2) is 0 Å². The van der Waals surface area contributed by atoms with Crippen molar-refractivity contribution >= 4 is 29.2 Å². The Morgan fingerprint density at radius 3 is 2.32 bits per heavy atom. The first-order valence-corrected chi connectivity index (χ1v) is 7.83. The van der Waals surface area contributed by atoms with Gasteiger partial charge in [0, 0.05) is 16.6 Å². The number of rotatable bonds is 5. The zero-order valence-corrected chi connectivity index (χ0v) is 13.5. The molecule has 0 fully saturated rings. The van der Waals surface area contributed by atoms with E-state index in [0.29, 0.717) is 17.2 Å². The quantitative estimate of drug-likeness (QED) is 0.816. The number of urea groups is 1. The monoisotopic (exact) mass is 318 g/mol. The predicted molar refractivity (Wildman–Crippen MR) is 90.4 cm³/mol. The maximum absolute atomic E-state index is 12.1. The smallest absolute Gasteiger partial charge is 0.323 e. The lowest BCUT2D eigenvalue weighted by Gasteiger charge is -2.12. The molecule has 0 saturated heterocycles. The van der Waals surface area contributed by atoms with Gasteiger partial charge in [0.1, 0.15) is 11.5 Å². The van der Waals surface area contributed by atoms with Gasteiger partial charge in [-0.25, -0.2) is 4.79 Å². The summed E-state index contributed by atoms with van der Waals surface area (Å²) >= 11 is 1.65. The molecule has 2 N–H and O–H groups in total. The molecule has 0 bridgehead atoms. The molecule has 22 heavy (non-hydrogen) atoms. The first-order chi connectivity index (χ1) is 10.7. The zero-order valence-electron chi connectivity index (χ0n) is 12.7. The summed E-state index contributed by atoms with van der Waals surface area (Å²) in [6.07, 6.45) is 2.00. The first kappa shape index (κ1) is 16.0. The second-order valence-corrected chi connectivity index (χ2v) is 5.25. The van der Waals surface area contributed by atoms with Gasteiger partial charge in [-0.15, -0.1) is 11.8 Å². The summed E-state index contributed by atoms with van der Waals surface area (Å²) in [6, 6.07) is 12.5. The molecule has 116 valence electrons. The average molecular weight is 318 g/mol. The summed E-state index contributed by atoms with van der Waals surface area (Å²) in [7, 11) is 3.12. The van der Waals surface area contributed by atoms with Gasteiger partial charge in [-0.1, -0.05) is 0 Å². The van der Waals surface area contributed by atoms with Crippen LogP contribution in [0.2, 0.25) is 0 Å². The van der Waals surface area contributed by atoms with Gasteiger partial charge >= 0.3 is 6.03 Å². The van der Waals surface area contributed by atoms with E-state index < -0.39 is 0 Å². The lowest BCUT2D eigenvalue weighted by Crippen LogP contribution is -2.19. The Hall–Kier alpha value is -2.34. The number of hydrogen-bond acceptors (Lipinski definition) is 4. The number of carbonyl (C=O) groups is 1. The normalized spacial score (nSPS) is 9.95. The maximum atomic E-state index is 12.1. The van der Waals surface area contributed by atoms with Gasteiger partial charge in [-0.3, -0.25) is 0 Å². The number of ether oxygens (including phenoxy) is 2. The summed E-state index contributed by atoms with van der Waals surface area (Å²) < 4.78 is 10.4. The van der Waals surface area contributed by atoms with Crippen LogP contribution in [-0.2, 0) is 0 Å². The Balaban J connectivity index is 2.07. The number of benzene rings is 2. The third-order valence-electron chi connectivity index (χ3n) is 3.00. The van der Waals surface area contributed by atoms with Crippen LogP contribution in [0, 0.1) is 0 Å². The number of thioether (sulfide) groups is 1. The van der Waals surface area contributed by atoms with E-state index in [1.54, 1.807) is 44.2 Å². The molecule has 0 aromatic heterocycles. The van der Waals surface area contributed by atoms with Gasteiger partial charge in [-0.05, 0) is 42.7 Å². The SMILES string of the molecule is COc1ccc(OC)c(NC(=O)Nc2ccc(SC)cc2)c1. The van der Waals surface area contributed by atoms with Crippen molar-refractivity contribution in [2.24, 2.45) is 0 Å². The number of nitrogens with one attached hydrogen (secondary N) is 2. The van der Waals surface area contributed by atoms with E-state index in [-0.39, 0.29) is 6.03 Å². The minimum Gasteiger partial charge on any atom is -0.497 e. The highest BCUT2D eigenvalue weighted by Gasteiger charge is 2.09. The van der Waals surface area contributed by atoms with Gasteiger partial charge in [0.05, 0.1) is 19.9 Å². The van der Waals surface area contributed by atoms with E-state index in [4.69, 9.17) is 9.47 Å². The number of methoxy groups -OCH3 is 2. The highest BCUT2D eigenvalue weighted by atomic mass is 32.2. The van der Waals surface area contributed by atoms with Crippen molar-refractivity contribution in [2.45, 2.75) is 4.90 Å². The van der Waals surface area contributed by atoms with Crippen LogP contribution in [0.3, 0.4) is 0 Å². The molecular formula is C16H18N2O3S. The number of carbonyl (C=O) groups excluding carboxylic acids is 1. The Bertz CT molecular complexity index is 644. The molecule has 2 amide bonds. The molecule has 2 aromatic rings. The fraction of sp³-hybridized carbons (Fsp3) is 0.188. The fourth-order valence-electron chi connectivity index (χ4n) is 1.87. The van der Waals surface area contributed by atoms with E-state index in [1.165, 1.54) is 0 Å². The molecule has 0 aliphatic rings. The van der Waals surface area contributed by atoms with E-state index in [2.05, 4.69) is 10.6 Å². The van der Waals surface area contributed by atoms with Crippen molar-refractivity contribution in [3.05, 3.63) is 42.5 Å². The van der Waals surface area contributed by atoms with Crippen molar-refractivity contribution in [3.8, 4) is 11.5 Å². The van der Waals surface area contributed by atoms with Gasteiger partial charge in [0.2, 0.25) is 0 Å². The molecule has 5 nitrogen and oxygen atoms in total. The van der Waals surface area contributed by atoms with Gasteiger partial charge < -0.3 is 20.1 Å². The van der Waals surface area contributed by atoms with Crippen LogP contribution in [0.25, 0.3) is 0 Å². The Labute approximate surface area is 134 Å². The molecular weight excluding hydrogens is 300 g/mol. The van der Waals surface area contributed by atoms with Crippen LogP contribution >= 0.6 is 11.8 Å². The average Bonchev–Trinajstić information content (AvgIpc) is 2.55. The molecule has 0 heterocycles. The highest BCUT2D eigenvalue weighted by molar-refractivity contribution is 7.98. The molecule has 0 aliphatic heterocycles. The van der Waals surface area contributed by atoms with Crippen molar-refractivity contribution in [3.63, 3.8) is 0 Å². The second kappa shape index (κ2) is 7.61. The van der Waals surface area contributed by atoms with Crippen molar-refractivity contribution < 1.29 is 14.3 Å². The van der Waals surface area contributed by atoms with E-state index >= 15 is 0 Å². The molecule has 2 aromatic carbocycles. The lowest BCUT2D eigenvalue weighted by molar-refractivity contribution is 0.262. The van der Waals surface area contributed by atoms with E-state index in [0.717, 1.165) is 10.6 Å². The predicted octanol–water partition coefficient (Wildman–Crippen LogP) is 4.07. The molecule has 0 aliphatic carbocycles. The summed E-state index contributed by atoms with van der Waals surface area (Å²) in [4.78, 5) is 13.2. The molecule has 6 heteroatoms. The number of hydrogen-bond donors (Lipinski definition) is 2. The third kappa shape index (κ3) is 4.08. The summed E-state index contributed by atoms with van der Waals surface area (Å²) in [6.45, 7) is 0. The van der Waals surface area contributed by atoms with Crippen LogP contribution in [0.4, 0.5) is 16.2 Å². The van der Waals surface area contributed by atoms with Crippen LogP contribution in [0.5, 0.6) is 11.5 Å². The lowest BCUT2D eigenvalue weighted by atomic mass is 10.2. The maximum Gasteiger partial charge on any atom is 0.323 e. The number of anilines is 2. The Kier molecular flexibility index (Phi) is 5.55. The summed E-state index contributed by atoms with van der Waals surface area (Å²) in [5, 5.41) is 5.53. The molecule has 0 spiro atoms. The van der Waals surface area contributed by atoms with Crippen molar-refractivity contribution in [1.29, 1.82) is 0 Å². The standard InChI is InChI=1S/C16H18N2O3S/c1-20-12-6-9-15(21-2)14(10-12)18-16(19)17-11-4-7-13(22-3)8-5-11/h4-10H,1-3H3,(H2,17,18,19). The van der Waals surface area contributed by atoms with Crippen LogP contribution in [-0.4, -0.2) is 26.5 Å². The Morgan fingerprint density at radius 2 is 1.73 bits per heavy atom. The second-order valence-electron chi connectivity index (χ2n) is 4.37. The third-order valence-corrected chi connectivity index (χ3v) is 3.75. The summed E-state index contributed by atoms with van der Waals surface area (Å²) in [5.41, 5.74) is 1.26. The minimum atomic E-state index is -0.344.